The molecule has 19 heavy (non-hydrogen) atoms. The molecule has 1 aromatic carbocycles. The summed E-state index contributed by atoms with van der Waals surface area (Å²) in [5.74, 6) is -0.106. The number of carbonyl (C=O) groups excluding carboxylic acids is 1. The lowest BCUT2D eigenvalue weighted by Crippen LogP contribution is -2.46. The van der Waals surface area contributed by atoms with E-state index in [2.05, 4.69) is 5.32 Å². The van der Waals surface area contributed by atoms with Gasteiger partial charge >= 0.3 is 0 Å². The average Bonchev–Trinajstić information content (AvgIpc) is 2.75. The number of rotatable bonds is 3. The van der Waals surface area contributed by atoms with Gasteiger partial charge in [-0.05, 0) is 31.5 Å². The van der Waals surface area contributed by atoms with Crippen molar-refractivity contribution >= 4 is 17.3 Å². The third-order valence-corrected chi connectivity index (χ3v) is 3.41. The predicted octanol–water partition coefficient (Wildman–Crippen LogP) is 1.24. The van der Waals surface area contributed by atoms with Gasteiger partial charge in [-0.1, -0.05) is 0 Å². The third-order valence-electron chi connectivity index (χ3n) is 3.41. The number of carbonyl (C=O) groups is 1. The Morgan fingerprint density at radius 3 is 2.74 bits per heavy atom. The van der Waals surface area contributed by atoms with Crippen molar-refractivity contribution in [2.75, 3.05) is 37.9 Å². The highest BCUT2D eigenvalue weighted by atomic mass is 16.5. The Morgan fingerprint density at radius 2 is 2.21 bits per heavy atom. The second-order valence-electron chi connectivity index (χ2n) is 5.49. The highest BCUT2D eigenvalue weighted by molar-refractivity contribution is 5.96. The number of hydrogen-bond acceptors (Lipinski definition) is 4. The van der Waals surface area contributed by atoms with Gasteiger partial charge in [0.2, 0.25) is 0 Å². The van der Waals surface area contributed by atoms with E-state index in [1.165, 1.54) is 0 Å². The molecule has 1 aliphatic heterocycles. The van der Waals surface area contributed by atoms with Gasteiger partial charge in [0, 0.05) is 26.3 Å². The zero-order valence-corrected chi connectivity index (χ0v) is 11.7. The molecule has 0 aromatic heterocycles. The summed E-state index contributed by atoms with van der Waals surface area (Å²) >= 11 is 0. The summed E-state index contributed by atoms with van der Waals surface area (Å²) in [5.41, 5.74) is 7.77. The van der Waals surface area contributed by atoms with Crippen LogP contribution in [0.1, 0.15) is 23.7 Å². The minimum Gasteiger partial charge on any atom is -0.397 e. The van der Waals surface area contributed by atoms with Crippen molar-refractivity contribution in [3.05, 3.63) is 23.8 Å². The van der Waals surface area contributed by atoms with Gasteiger partial charge in [-0.2, -0.15) is 0 Å². The number of ether oxygens (including phenoxy) is 1. The van der Waals surface area contributed by atoms with Gasteiger partial charge in [0.1, 0.15) is 0 Å². The molecule has 1 atom stereocenters. The van der Waals surface area contributed by atoms with Gasteiger partial charge in [-0.25, -0.2) is 0 Å². The molecule has 1 saturated heterocycles. The minimum absolute atomic E-state index is 0.106. The Bertz CT molecular complexity index is 480. The molecule has 0 spiro atoms. The molecule has 0 radical (unpaired) electrons. The van der Waals surface area contributed by atoms with Crippen LogP contribution in [0.4, 0.5) is 11.4 Å². The maximum atomic E-state index is 12.2. The molecule has 1 unspecified atom stereocenters. The van der Waals surface area contributed by atoms with Crippen LogP contribution in [0.3, 0.4) is 0 Å². The van der Waals surface area contributed by atoms with Gasteiger partial charge in [0.15, 0.2) is 0 Å². The number of nitrogens with two attached hydrogens (primary N) is 1. The molecule has 5 heteroatoms. The minimum atomic E-state index is -0.272. The first-order valence-electron chi connectivity index (χ1n) is 6.38. The summed E-state index contributed by atoms with van der Waals surface area (Å²) in [5, 5.41) is 3.01. The van der Waals surface area contributed by atoms with E-state index in [0.29, 0.717) is 24.5 Å². The lowest BCUT2D eigenvalue weighted by Gasteiger charge is -2.24. The number of hydrogen-bond donors (Lipinski definition) is 2. The van der Waals surface area contributed by atoms with Crippen LogP contribution in [0.5, 0.6) is 0 Å². The largest absolute Gasteiger partial charge is 0.397 e. The molecule has 1 aliphatic rings. The monoisotopic (exact) mass is 263 g/mol. The average molecular weight is 263 g/mol. The molecule has 1 fully saturated rings. The summed E-state index contributed by atoms with van der Waals surface area (Å²) in [6, 6.07) is 5.36. The maximum Gasteiger partial charge on any atom is 0.251 e. The summed E-state index contributed by atoms with van der Waals surface area (Å²) < 4.78 is 5.33. The molecule has 1 amide bonds. The lowest BCUT2D eigenvalue weighted by atomic mass is 10.0. The molecule has 3 N–H and O–H groups in total. The molecule has 2 rings (SSSR count). The molecule has 0 aliphatic carbocycles. The molecule has 1 aromatic rings. The standard InChI is InChI=1S/C14H21N3O2/c1-14(6-7-19-9-14)16-13(18)10-4-5-12(17(2)3)11(15)8-10/h4-5,8H,6-7,9,15H2,1-3H3,(H,16,18). The van der Waals surface area contributed by atoms with Crippen molar-refractivity contribution in [2.24, 2.45) is 0 Å². The van der Waals surface area contributed by atoms with Gasteiger partial charge in [-0.3, -0.25) is 4.79 Å². The van der Waals surface area contributed by atoms with Gasteiger partial charge in [0.05, 0.1) is 23.5 Å². The SMILES string of the molecule is CN(C)c1ccc(C(=O)NC2(C)CCOC2)cc1N. The Balaban J connectivity index is 2.13. The second kappa shape index (κ2) is 5.09. The van der Waals surface area contributed by atoms with Crippen molar-refractivity contribution < 1.29 is 9.53 Å². The van der Waals surface area contributed by atoms with E-state index in [0.717, 1.165) is 12.1 Å². The van der Waals surface area contributed by atoms with Crippen molar-refractivity contribution in [3.63, 3.8) is 0 Å². The van der Waals surface area contributed by atoms with E-state index in [-0.39, 0.29) is 11.4 Å². The molecule has 104 valence electrons. The maximum absolute atomic E-state index is 12.2. The van der Waals surface area contributed by atoms with Crippen LogP contribution >= 0.6 is 0 Å². The zero-order chi connectivity index (χ0) is 14.0. The van der Waals surface area contributed by atoms with Crippen molar-refractivity contribution in [1.82, 2.24) is 5.32 Å². The van der Waals surface area contributed by atoms with E-state index in [4.69, 9.17) is 10.5 Å². The molecular weight excluding hydrogens is 242 g/mol. The molecule has 0 saturated carbocycles. The number of benzene rings is 1. The highest BCUT2D eigenvalue weighted by Crippen LogP contribution is 2.23. The van der Waals surface area contributed by atoms with E-state index in [1.807, 2.05) is 32.0 Å². The lowest BCUT2D eigenvalue weighted by molar-refractivity contribution is 0.0890. The van der Waals surface area contributed by atoms with Crippen LogP contribution in [-0.2, 0) is 4.74 Å². The van der Waals surface area contributed by atoms with Crippen LogP contribution in [-0.4, -0.2) is 38.8 Å². The Hall–Kier alpha value is -1.75. The number of amides is 1. The van der Waals surface area contributed by atoms with Crippen molar-refractivity contribution in [1.29, 1.82) is 0 Å². The van der Waals surface area contributed by atoms with Crippen molar-refractivity contribution in [3.8, 4) is 0 Å². The van der Waals surface area contributed by atoms with Gasteiger partial charge in [0.25, 0.3) is 5.91 Å². The first-order valence-corrected chi connectivity index (χ1v) is 6.38. The quantitative estimate of drug-likeness (QED) is 0.805. The highest BCUT2D eigenvalue weighted by Gasteiger charge is 2.31. The van der Waals surface area contributed by atoms with Gasteiger partial charge in [-0.15, -0.1) is 0 Å². The summed E-state index contributed by atoms with van der Waals surface area (Å²) in [6.45, 7) is 3.25. The molecule has 1 heterocycles. The summed E-state index contributed by atoms with van der Waals surface area (Å²) in [7, 11) is 3.84. The van der Waals surface area contributed by atoms with E-state index < -0.39 is 0 Å². The Morgan fingerprint density at radius 1 is 1.47 bits per heavy atom. The fraction of sp³-hybridized carbons (Fsp3) is 0.500. The predicted molar refractivity (Wildman–Crippen MR) is 76.5 cm³/mol. The smallest absolute Gasteiger partial charge is 0.251 e. The molecule has 5 nitrogen and oxygen atoms in total. The summed E-state index contributed by atoms with van der Waals surface area (Å²) in [6.07, 6.45) is 0.837. The fourth-order valence-electron chi connectivity index (χ4n) is 2.21. The number of nitrogens with one attached hydrogen (secondary N) is 1. The van der Waals surface area contributed by atoms with E-state index in [1.54, 1.807) is 12.1 Å². The fourth-order valence-corrected chi connectivity index (χ4v) is 2.21. The number of nitrogens with zero attached hydrogens (tertiary/aromatic N) is 1. The van der Waals surface area contributed by atoms with Crippen LogP contribution < -0.4 is 16.0 Å². The van der Waals surface area contributed by atoms with Crippen LogP contribution in [0, 0.1) is 0 Å². The van der Waals surface area contributed by atoms with Crippen LogP contribution in [0.2, 0.25) is 0 Å². The van der Waals surface area contributed by atoms with Gasteiger partial charge < -0.3 is 20.7 Å². The second-order valence-corrected chi connectivity index (χ2v) is 5.49. The van der Waals surface area contributed by atoms with E-state index >= 15 is 0 Å². The van der Waals surface area contributed by atoms with Crippen LogP contribution in [0.15, 0.2) is 18.2 Å². The van der Waals surface area contributed by atoms with Crippen LogP contribution in [0.25, 0.3) is 0 Å². The summed E-state index contributed by atoms with van der Waals surface area (Å²) in [4.78, 5) is 14.1. The first-order chi connectivity index (χ1) is 8.91. The van der Waals surface area contributed by atoms with Crippen molar-refractivity contribution in [2.45, 2.75) is 18.9 Å². The third kappa shape index (κ3) is 2.98. The first kappa shape index (κ1) is 13.7. The molecule has 0 bridgehead atoms. The molecular formula is C14H21N3O2. The topological polar surface area (TPSA) is 67.6 Å². The Kier molecular flexibility index (Phi) is 3.66. The normalized spacial score (nSPS) is 22.3. The Labute approximate surface area is 113 Å². The van der Waals surface area contributed by atoms with E-state index in [9.17, 15) is 4.79 Å². The number of nitrogen functional groups attached to an aromatic ring is 1. The number of anilines is 2. The zero-order valence-electron chi connectivity index (χ0n) is 11.7.